The van der Waals surface area contributed by atoms with Crippen LogP contribution in [0.5, 0.6) is 0 Å². The van der Waals surface area contributed by atoms with Crippen LogP contribution in [-0.4, -0.2) is 22.8 Å². The molecule has 3 aromatic rings. The van der Waals surface area contributed by atoms with Gasteiger partial charge in [0.25, 0.3) is 11.8 Å². The molecule has 162 valence electrons. The number of nitrogens with one attached hydrogen (secondary N) is 1. The quantitative estimate of drug-likeness (QED) is 0.570. The van der Waals surface area contributed by atoms with E-state index in [1.807, 2.05) is 91.0 Å². The average molecular weight is 425 g/mol. The number of nitrogens with zero attached hydrogens (tertiary/aromatic N) is 1. The molecule has 2 aliphatic rings. The van der Waals surface area contributed by atoms with Crippen LogP contribution in [0.4, 0.5) is 0 Å². The molecule has 1 saturated carbocycles. The van der Waals surface area contributed by atoms with Gasteiger partial charge in [-0.05, 0) is 36.1 Å². The average Bonchev–Trinajstić information content (AvgIpc) is 3.57. The summed E-state index contributed by atoms with van der Waals surface area (Å²) in [6.07, 6.45) is 5.50. The number of amides is 2. The summed E-state index contributed by atoms with van der Waals surface area (Å²) in [6, 6.07) is 28.7. The number of carbonyl (C=O) groups excluding carboxylic acids is 2. The summed E-state index contributed by atoms with van der Waals surface area (Å²) in [4.78, 5) is 29.5. The molecule has 2 fully saturated rings. The lowest BCUT2D eigenvalue weighted by molar-refractivity contribution is -0.125. The molecule has 0 radical (unpaired) electrons. The zero-order valence-corrected chi connectivity index (χ0v) is 18.1. The van der Waals surface area contributed by atoms with Crippen molar-refractivity contribution in [2.45, 2.75) is 49.7 Å². The van der Waals surface area contributed by atoms with Crippen molar-refractivity contribution in [3.05, 3.63) is 108 Å². The molecule has 1 heterocycles. The van der Waals surface area contributed by atoms with Crippen molar-refractivity contribution in [3.8, 4) is 0 Å². The van der Waals surface area contributed by atoms with E-state index in [1.165, 1.54) is 6.42 Å². The summed E-state index contributed by atoms with van der Waals surface area (Å²) < 4.78 is 0. The molecule has 2 atom stereocenters. The first-order valence-electron chi connectivity index (χ1n) is 11.5. The van der Waals surface area contributed by atoms with E-state index in [0.29, 0.717) is 5.56 Å². The summed E-state index contributed by atoms with van der Waals surface area (Å²) >= 11 is 0. The standard InChI is InChI=1S/C28H28N2O2/c31-26(22-15-7-2-8-16-22)30-25(21-13-5-1-6-14-21)28(30,23-17-9-3-10-18-23)27(32)29-24-19-11-4-12-20-24/h1-3,5-10,13-18,24-25H,4,11-12,19-20H2,(H,29,32)/t25-,28+,30?/m0/s1. The fourth-order valence-electron chi connectivity index (χ4n) is 5.21. The highest BCUT2D eigenvalue weighted by Crippen LogP contribution is 2.61. The van der Waals surface area contributed by atoms with Gasteiger partial charge in [-0.25, -0.2) is 0 Å². The maximum atomic E-state index is 14.0. The van der Waals surface area contributed by atoms with E-state index in [-0.39, 0.29) is 23.9 Å². The summed E-state index contributed by atoms with van der Waals surface area (Å²) in [5.41, 5.74) is 1.37. The van der Waals surface area contributed by atoms with Crippen LogP contribution in [0, 0.1) is 0 Å². The van der Waals surface area contributed by atoms with Crippen LogP contribution in [0.3, 0.4) is 0 Å². The Hall–Kier alpha value is -3.40. The molecule has 0 bridgehead atoms. The highest BCUT2D eigenvalue weighted by Gasteiger charge is 2.71. The summed E-state index contributed by atoms with van der Waals surface area (Å²) in [6.45, 7) is 0. The van der Waals surface area contributed by atoms with Crippen LogP contribution in [0.25, 0.3) is 0 Å². The van der Waals surface area contributed by atoms with Gasteiger partial charge in [0.2, 0.25) is 0 Å². The minimum Gasteiger partial charge on any atom is -0.351 e. The molecule has 5 rings (SSSR count). The first-order valence-corrected chi connectivity index (χ1v) is 11.5. The van der Waals surface area contributed by atoms with Crippen molar-refractivity contribution in [3.63, 3.8) is 0 Å². The maximum absolute atomic E-state index is 14.0. The molecule has 4 heteroatoms. The Morgan fingerprint density at radius 1 is 0.750 bits per heavy atom. The van der Waals surface area contributed by atoms with Crippen molar-refractivity contribution < 1.29 is 9.59 Å². The van der Waals surface area contributed by atoms with Gasteiger partial charge in [-0.1, -0.05) is 98.1 Å². The number of benzene rings is 3. The third-order valence-electron chi connectivity index (χ3n) is 6.82. The fourth-order valence-corrected chi connectivity index (χ4v) is 5.21. The minimum atomic E-state index is -1.05. The molecule has 0 aromatic heterocycles. The highest BCUT2D eigenvalue weighted by molar-refractivity contribution is 6.05. The topological polar surface area (TPSA) is 49.2 Å². The molecule has 2 amide bonds. The molecule has 32 heavy (non-hydrogen) atoms. The third-order valence-corrected chi connectivity index (χ3v) is 6.82. The second kappa shape index (κ2) is 8.62. The monoisotopic (exact) mass is 424 g/mol. The first-order chi connectivity index (χ1) is 15.7. The zero-order valence-electron chi connectivity index (χ0n) is 18.1. The van der Waals surface area contributed by atoms with Crippen molar-refractivity contribution in [1.29, 1.82) is 0 Å². The van der Waals surface area contributed by atoms with Gasteiger partial charge in [0.1, 0.15) is 0 Å². The van der Waals surface area contributed by atoms with E-state index >= 15 is 0 Å². The van der Waals surface area contributed by atoms with Crippen molar-refractivity contribution >= 4 is 11.8 Å². The Balaban J connectivity index is 1.60. The van der Waals surface area contributed by atoms with E-state index in [9.17, 15) is 9.59 Å². The van der Waals surface area contributed by atoms with Gasteiger partial charge in [0.05, 0.1) is 6.04 Å². The summed E-state index contributed by atoms with van der Waals surface area (Å²) in [7, 11) is 0. The fraction of sp³-hybridized carbons (Fsp3) is 0.286. The molecule has 4 nitrogen and oxygen atoms in total. The van der Waals surface area contributed by atoms with Gasteiger partial charge >= 0.3 is 0 Å². The van der Waals surface area contributed by atoms with Crippen LogP contribution in [0.15, 0.2) is 91.0 Å². The van der Waals surface area contributed by atoms with Crippen LogP contribution < -0.4 is 5.32 Å². The molecular weight excluding hydrogens is 396 g/mol. The maximum Gasteiger partial charge on any atom is 0.255 e. The van der Waals surface area contributed by atoms with E-state index in [2.05, 4.69) is 5.32 Å². The number of carbonyl (C=O) groups is 2. The summed E-state index contributed by atoms with van der Waals surface area (Å²) in [5, 5.41) is 3.32. The molecule has 1 aliphatic heterocycles. The number of rotatable bonds is 5. The Bertz CT molecular complexity index is 1080. The van der Waals surface area contributed by atoms with Crippen molar-refractivity contribution in [2.24, 2.45) is 0 Å². The second-order valence-corrected chi connectivity index (χ2v) is 8.80. The minimum absolute atomic E-state index is 0.0752. The van der Waals surface area contributed by atoms with Gasteiger partial charge < -0.3 is 10.2 Å². The highest BCUT2D eigenvalue weighted by atomic mass is 16.2. The van der Waals surface area contributed by atoms with Crippen molar-refractivity contribution in [1.82, 2.24) is 10.2 Å². The second-order valence-electron chi connectivity index (χ2n) is 8.80. The Morgan fingerprint density at radius 3 is 1.94 bits per heavy atom. The Kier molecular flexibility index (Phi) is 5.52. The smallest absolute Gasteiger partial charge is 0.255 e. The number of hydrogen-bond acceptors (Lipinski definition) is 2. The molecule has 1 aliphatic carbocycles. The summed E-state index contributed by atoms with van der Waals surface area (Å²) in [5.74, 6) is -0.198. The van der Waals surface area contributed by atoms with E-state index < -0.39 is 5.54 Å². The molecular formula is C28H28N2O2. The first kappa shape index (κ1) is 20.5. The molecule has 1 N–H and O–H groups in total. The predicted octanol–water partition coefficient (Wildman–Crippen LogP) is 5.23. The van der Waals surface area contributed by atoms with Crippen LogP contribution in [0.2, 0.25) is 0 Å². The van der Waals surface area contributed by atoms with Crippen molar-refractivity contribution in [2.75, 3.05) is 0 Å². The van der Waals surface area contributed by atoms with E-state index in [4.69, 9.17) is 0 Å². The Morgan fingerprint density at radius 2 is 1.31 bits per heavy atom. The molecule has 1 saturated heterocycles. The lowest BCUT2D eigenvalue weighted by atomic mass is 9.89. The van der Waals surface area contributed by atoms with Gasteiger partial charge in [-0.15, -0.1) is 0 Å². The zero-order chi connectivity index (χ0) is 22.0. The lowest BCUT2D eigenvalue weighted by Gasteiger charge is -2.26. The predicted molar refractivity (Wildman–Crippen MR) is 125 cm³/mol. The van der Waals surface area contributed by atoms with E-state index in [0.717, 1.165) is 36.8 Å². The van der Waals surface area contributed by atoms with Crippen LogP contribution >= 0.6 is 0 Å². The third kappa shape index (κ3) is 3.50. The largest absolute Gasteiger partial charge is 0.351 e. The lowest BCUT2D eigenvalue weighted by Crippen LogP contribution is -2.45. The van der Waals surface area contributed by atoms with Gasteiger partial charge in [0.15, 0.2) is 5.54 Å². The van der Waals surface area contributed by atoms with Crippen LogP contribution in [0.1, 0.15) is 59.6 Å². The van der Waals surface area contributed by atoms with Gasteiger partial charge in [0, 0.05) is 11.6 Å². The van der Waals surface area contributed by atoms with E-state index in [1.54, 1.807) is 4.90 Å². The molecule has 3 aromatic carbocycles. The van der Waals surface area contributed by atoms with Gasteiger partial charge in [-0.2, -0.15) is 0 Å². The number of hydrogen-bond donors (Lipinski definition) is 1. The van der Waals surface area contributed by atoms with Gasteiger partial charge in [-0.3, -0.25) is 9.59 Å². The SMILES string of the molecule is O=C(c1ccccc1)N1[C@@H](c2ccccc2)[C@@]1(C(=O)NC1CCCCC1)c1ccccc1. The normalized spacial score (nSPS) is 22.9. The molecule has 0 unspecified atom stereocenters. The van der Waals surface area contributed by atoms with Crippen LogP contribution in [-0.2, 0) is 10.3 Å². The molecule has 0 spiro atoms. The Labute approximate surface area is 189 Å².